The second-order valence-corrected chi connectivity index (χ2v) is 3.66. The third-order valence-corrected chi connectivity index (χ3v) is 2.20. The SMILES string of the molecule is CCC(=O)NCCNC(=O)COc1ccccc1. The normalized spacial score (nSPS) is 9.61. The third kappa shape index (κ3) is 5.89. The zero-order chi connectivity index (χ0) is 13.2. The van der Waals surface area contributed by atoms with Gasteiger partial charge in [-0.1, -0.05) is 25.1 Å². The lowest BCUT2D eigenvalue weighted by Crippen LogP contribution is -2.36. The fraction of sp³-hybridized carbons (Fsp3) is 0.385. The van der Waals surface area contributed by atoms with Crippen molar-refractivity contribution in [2.45, 2.75) is 13.3 Å². The average Bonchev–Trinajstić information content (AvgIpc) is 2.42. The molecule has 5 nitrogen and oxygen atoms in total. The van der Waals surface area contributed by atoms with Gasteiger partial charge in [-0.15, -0.1) is 0 Å². The predicted molar refractivity (Wildman–Crippen MR) is 68.2 cm³/mol. The van der Waals surface area contributed by atoms with E-state index in [1.54, 1.807) is 19.1 Å². The first-order valence-corrected chi connectivity index (χ1v) is 5.93. The molecule has 1 rings (SSSR count). The molecule has 0 unspecified atom stereocenters. The lowest BCUT2D eigenvalue weighted by molar-refractivity contribution is -0.124. The fourth-order valence-electron chi connectivity index (χ4n) is 1.25. The Balaban J connectivity index is 2.09. The van der Waals surface area contributed by atoms with Gasteiger partial charge in [-0.05, 0) is 12.1 Å². The van der Waals surface area contributed by atoms with Gasteiger partial charge < -0.3 is 15.4 Å². The summed E-state index contributed by atoms with van der Waals surface area (Å²) in [6.45, 7) is 2.60. The van der Waals surface area contributed by atoms with E-state index in [1.807, 2.05) is 18.2 Å². The maximum Gasteiger partial charge on any atom is 0.258 e. The van der Waals surface area contributed by atoms with E-state index in [0.717, 1.165) is 0 Å². The fourth-order valence-corrected chi connectivity index (χ4v) is 1.25. The van der Waals surface area contributed by atoms with Crippen molar-refractivity contribution in [3.8, 4) is 5.75 Å². The minimum absolute atomic E-state index is 0.0221. The summed E-state index contributed by atoms with van der Waals surface area (Å²) in [6, 6.07) is 9.13. The van der Waals surface area contributed by atoms with Crippen molar-refractivity contribution >= 4 is 11.8 Å². The number of carbonyl (C=O) groups excluding carboxylic acids is 2. The third-order valence-electron chi connectivity index (χ3n) is 2.20. The Morgan fingerprint density at radius 3 is 2.28 bits per heavy atom. The van der Waals surface area contributed by atoms with Crippen LogP contribution in [0.5, 0.6) is 5.75 Å². The molecule has 2 amide bonds. The standard InChI is InChI=1S/C13H18N2O3/c1-2-12(16)14-8-9-15-13(17)10-18-11-6-4-3-5-7-11/h3-7H,2,8-10H2,1H3,(H,14,16)(H,15,17). The molecule has 0 aliphatic carbocycles. The number of amides is 2. The number of hydrogen-bond acceptors (Lipinski definition) is 3. The van der Waals surface area contributed by atoms with E-state index in [9.17, 15) is 9.59 Å². The van der Waals surface area contributed by atoms with Gasteiger partial charge in [0, 0.05) is 19.5 Å². The van der Waals surface area contributed by atoms with Crippen LogP contribution in [0.1, 0.15) is 13.3 Å². The molecule has 0 atom stereocenters. The Morgan fingerprint density at radius 1 is 1.06 bits per heavy atom. The maximum absolute atomic E-state index is 11.4. The van der Waals surface area contributed by atoms with Gasteiger partial charge in [-0.25, -0.2) is 0 Å². The number of para-hydroxylation sites is 1. The van der Waals surface area contributed by atoms with Gasteiger partial charge in [0.25, 0.3) is 5.91 Å². The molecule has 0 heterocycles. The smallest absolute Gasteiger partial charge is 0.258 e. The number of benzene rings is 1. The Bertz CT molecular complexity index is 379. The summed E-state index contributed by atoms with van der Waals surface area (Å²) in [5.41, 5.74) is 0. The zero-order valence-corrected chi connectivity index (χ0v) is 10.4. The second-order valence-electron chi connectivity index (χ2n) is 3.66. The summed E-state index contributed by atoms with van der Waals surface area (Å²) in [4.78, 5) is 22.3. The first-order chi connectivity index (χ1) is 8.72. The maximum atomic E-state index is 11.4. The number of rotatable bonds is 7. The highest BCUT2D eigenvalue weighted by molar-refractivity contribution is 5.78. The predicted octanol–water partition coefficient (Wildman–Crippen LogP) is 0.708. The van der Waals surface area contributed by atoms with E-state index < -0.39 is 0 Å². The van der Waals surface area contributed by atoms with Crippen molar-refractivity contribution < 1.29 is 14.3 Å². The van der Waals surface area contributed by atoms with Gasteiger partial charge in [0.05, 0.1) is 0 Å². The Labute approximate surface area is 107 Å². The summed E-state index contributed by atoms with van der Waals surface area (Å²) in [6.07, 6.45) is 0.449. The molecule has 1 aromatic carbocycles. The zero-order valence-electron chi connectivity index (χ0n) is 10.4. The van der Waals surface area contributed by atoms with Crippen molar-refractivity contribution in [1.82, 2.24) is 10.6 Å². The first kappa shape index (κ1) is 14.0. The van der Waals surface area contributed by atoms with E-state index in [2.05, 4.69) is 10.6 Å². The summed E-state index contributed by atoms with van der Waals surface area (Å²) in [5, 5.41) is 5.32. The van der Waals surface area contributed by atoms with Crippen molar-refractivity contribution in [3.63, 3.8) is 0 Å². The average molecular weight is 250 g/mol. The van der Waals surface area contributed by atoms with Gasteiger partial charge in [-0.3, -0.25) is 9.59 Å². The summed E-state index contributed by atoms with van der Waals surface area (Å²) in [5.74, 6) is 0.432. The molecule has 0 aliphatic rings. The van der Waals surface area contributed by atoms with Crippen LogP contribution in [0.4, 0.5) is 0 Å². The number of carbonyl (C=O) groups is 2. The molecule has 18 heavy (non-hydrogen) atoms. The lowest BCUT2D eigenvalue weighted by Gasteiger charge is -2.07. The minimum Gasteiger partial charge on any atom is -0.484 e. The van der Waals surface area contributed by atoms with E-state index in [1.165, 1.54) is 0 Å². The minimum atomic E-state index is -0.204. The van der Waals surface area contributed by atoms with Crippen LogP contribution >= 0.6 is 0 Å². The molecule has 0 fully saturated rings. The Hall–Kier alpha value is -2.04. The van der Waals surface area contributed by atoms with Gasteiger partial charge >= 0.3 is 0 Å². The molecular weight excluding hydrogens is 232 g/mol. The molecule has 0 aliphatic heterocycles. The summed E-state index contributed by atoms with van der Waals surface area (Å²) >= 11 is 0. The van der Waals surface area contributed by atoms with Gasteiger partial charge in [-0.2, -0.15) is 0 Å². The van der Waals surface area contributed by atoms with Crippen LogP contribution in [0.25, 0.3) is 0 Å². The van der Waals surface area contributed by atoms with Crippen molar-refractivity contribution in [1.29, 1.82) is 0 Å². The van der Waals surface area contributed by atoms with Crippen LogP contribution < -0.4 is 15.4 Å². The summed E-state index contributed by atoms with van der Waals surface area (Å²) < 4.78 is 5.27. The van der Waals surface area contributed by atoms with E-state index in [-0.39, 0.29) is 18.4 Å². The van der Waals surface area contributed by atoms with Crippen LogP contribution in [0, 0.1) is 0 Å². The first-order valence-electron chi connectivity index (χ1n) is 5.93. The molecule has 0 bridgehead atoms. The monoisotopic (exact) mass is 250 g/mol. The number of nitrogens with one attached hydrogen (secondary N) is 2. The Kier molecular flexibility index (Phi) is 6.32. The molecule has 0 radical (unpaired) electrons. The molecule has 5 heteroatoms. The van der Waals surface area contributed by atoms with Crippen LogP contribution in [0.2, 0.25) is 0 Å². The molecule has 0 saturated carbocycles. The molecule has 1 aromatic rings. The van der Waals surface area contributed by atoms with Crippen LogP contribution in [-0.2, 0) is 9.59 Å². The lowest BCUT2D eigenvalue weighted by atomic mass is 10.3. The van der Waals surface area contributed by atoms with Crippen LogP contribution in [0.15, 0.2) is 30.3 Å². The highest BCUT2D eigenvalue weighted by Crippen LogP contribution is 2.07. The quantitative estimate of drug-likeness (QED) is 0.700. The molecule has 0 spiro atoms. The van der Waals surface area contributed by atoms with Crippen molar-refractivity contribution in [2.75, 3.05) is 19.7 Å². The molecule has 0 saturated heterocycles. The summed E-state index contributed by atoms with van der Waals surface area (Å²) in [7, 11) is 0. The van der Waals surface area contributed by atoms with Crippen LogP contribution in [-0.4, -0.2) is 31.5 Å². The Morgan fingerprint density at radius 2 is 1.67 bits per heavy atom. The molecule has 98 valence electrons. The topological polar surface area (TPSA) is 67.4 Å². The molecule has 2 N–H and O–H groups in total. The number of ether oxygens (including phenoxy) is 1. The van der Waals surface area contributed by atoms with Crippen molar-refractivity contribution in [2.24, 2.45) is 0 Å². The highest BCUT2D eigenvalue weighted by Gasteiger charge is 2.02. The van der Waals surface area contributed by atoms with Crippen molar-refractivity contribution in [3.05, 3.63) is 30.3 Å². The highest BCUT2D eigenvalue weighted by atomic mass is 16.5. The van der Waals surface area contributed by atoms with Gasteiger partial charge in [0.1, 0.15) is 5.75 Å². The van der Waals surface area contributed by atoms with E-state index in [0.29, 0.717) is 25.3 Å². The van der Waals surface area contributed by atoms with Gasteiger partial charge in [0.2, 0.25) is 5.91 Å². The van der Waals surface area contributed by atoms with E-state index >= 15 is 0 Å². The second kappa shape index (κ2) is 8.11. The largest absolute Gasteiger partial charge is 0.484 e. The molecular formula is C13H18N2O3. The number of hydrogen-bond donors (Lipinski definition) is 2. The van der Waals surface area contributed by atoms with Gasteiger partial charge in [0.15, 0.2) is 6.61 Å². The van der Waals surface area contributed by atoms with E-state index in [4.69, 9.17) is 4.74 Å². The van der Waals surface area contributed by atoms with Crippen LogP contribution in [0.3, 0.4) is 0 Å². The molecule has 0 aromatic heterocycles.